The number of carbonyl (C=O) groups excluding carboxylic acids is 1. The second-order valence-electron chi connectivity index (χ2n) is 7.11. The van der Waals surface area contributed by atoms with Crippen LogP contribution in [-0.2, 0) is 11.4 Å². The first kappa shape index (κ1) is 22.0. The van der Waals surface area contributed by atoms with Gasteiger partial charge >= 0.3 is 0 Å². The zero-order valence-corrected chi connectivity index (χ0v) is 18.6. The summed E-state index contributed by atoms with van der Waals surface area (Å²) in [5.41, 5.74) is 3.01. The van der Waals surface area contributed by atoms with E-state index in [-0.39, 0.29) is 12.5 Å². The van der Waals surface area contributed by atoms with Crippen molar-refractivity contribution in [2.45, 2.75) is 13.5 Å². The van der Waals surface area contributed by atoms with Gasteiger partial charge in [-0.25, -0.2) is 0 Å². The lowest BCUT2D eigenvalue weighted by atomic mass is 10.1. The summed E-state index contributed by atoms with van der Waals surface area (Å²) >= 11 is 12.4. The van der Waals surface area contributed by atoms with Gasteiger partial charge in [0.05, 0.1) is 10.7 Å². The van der Waals surface area contributed by atoms with Crippen LogP contribution in [0, 0.1) is 6.92 Å². The average Bonchev–Trinajstić information content (AvgIpc) is 3.45. The van der Waals surface area contributed by atoms with Crippen molar-refractivity contribution >= 4 is 40.9 Å². The summed E-state index contributed by atoms with van der Waals surface area (Å²) in [5.74, 6) is 1.84. The lowest BCUT2D eigenvalue weighted by Gasteiger charge is -2.07. The molecule has 4 rings (SSSR count). The molecule has 0 aliphatic carbocycles. The number of nitrogens with one attached hydrogen (secondary N) is 1. The van der Waals surface area contributed by atoms with E-state index in [1.165, 1.54) is 6.08 Å². The Labute approximate surface area is 194 Å². The summed E-state index contributed by atoms with van der Waals surface area (Å²) in [5, 5.41) is 13.0. The summed E-state index contributed by atoms with van der Waals surface area (Å²) in [6.45, 7) is 1.75. The molecule has 0 spiro atoms. The number of halogens is 2. The maximum absolute atomic E-state index is 12.4. The Balaban J connectivity index is 1.46. The molecular weight excluding hydrogens is 449 g/mol. The molecule has 0 fully saturated rings. The summed E-state index contributed by atoms with van der Waals surface area (Å²) in [6, 6.07) is 17.9. The summed E-state index contributed by atoms with van der Waals surface area (Å²) in [6.07, 6.45) is 2.94. The van der Waals surface area contributed by atoms with Crippen LogP contribution in [0.3, 0.4) is 0 Å². The molecule has 7 heteroatoms. The first-order valence-electron chi connectivity index (χ1n) is 9.78. The number of carbonyl (C=O) groups is 1. The second kappa shape index (κ2) is 9.49. The summed E-state index contributed by atoms with van der Waals surface area (Å²) in [7, 11) is 0. The number of hydrogen-bond donors (Lipinski definition) is 2. The highest BCUT2D eigenvalue weighted by molar-refractivity contribution is 6.34. The number of benzene rings is 2. The largest absolute Gasteiger partial charge is 0.459 e. The molecule has 0 atom stereocenters. The fourth-order valence-corrected chi connectivity index (χ4v) is 3.41. The van der Waals surface area contributed by atoms with Gasteiger partial charge < -0.3 is 19.3 Å². The third-order valence-electron chi connectivity index (χ3n) is 4.81. The number of anilines is 1. The van der Waals surface area contributed by atoms with Gasteiger partial charge in [0, 0.05) is 22.2 Å². The van der Waals surface area contributed by atoms with Gasteiger partial charge in [0.15, 0.2) is 0 Å². The minimum Gasteiger partial charge on any atom is -0.459 e. The van der Waals surface area contributed by atoms with Gasteiger partial charge in [-0.1, -0.05) is 35.3 Å². The van der Waals surface area contributed by atoms with Crippen molar-refractivity contribution < 1.29 is 18.7 Å². The molecule has 2 heterocycles. The van der Waals surface area contributed by atoms with E-state index in [9.17, 15) is 4.79 Å². The van der Waals surface area contributed by atoms with Crippen LogP contribution in [0.1, 0.15) is 17.1 Å². The van der Waals surface area contributed by atoms with E-state index in [1.807, 2.05) is 31.2 Å². The molecule has 0 saturated carbocycles. The van der Waals surface area contributed by atoms with E-state index in [0.717, 1.165) is 16.7 Å². The average molecular weight is 468 g/mol. The molecule has 2 aromatic carbocycles. The maximum Gasteiger partial charge on any atom is 0.248 e. The van der Waals surface area contributed by atoms with Crippen LogP contribution in [-0.4, -0.2) is 11.0 Å². The van der Waals surface area contributed by atoms with E-state index >= 15 is 0 Å². The molecule has 0 unspecified atom stereocenters. The van der Waals surface area contributed by atoms with Crippen molar-refractivity contribution in [1.29, 1.82) is 0 Å². The Morgan fingerprint density at radius 3 is 2.41 bits per heavy atom. The number of furan rings is 2. The molecule has 4 aromatic rings. The predicted molar refractivity (Wildman–Crippen MR) is 127 cm³/mol. The smallest absolute Gasteiger partial charge is 0.248 e. The van der Waals surface area contributed by atoms with Crippen LogP contribution < -0.4 is 5.32 Å². The quantitative estimate of drug-likeness (QED) is 0.300. The molecule has 0 radical (unpaired) electrons. The number of aliphatic hydroxyl groups is 1. The van der Waals surface area contributed by atoms with Crippen LogP contribution in [0.2, 0.25) is 10.0 Å². The minimum absolute atomic E-state index is 0.187. The van der Waals surface area contributed by atoms with Crippen molar-refractivity contribution in [3.8, 4) is 22.6 Å². The van der Waals surface area contributed by atoms with Crippen LogP contribution in [0.25, 0.3) is 28.7 Å². The lowest BCUT2D eigenvalue weighted by molar-refractivity contribution is -0.111. The first-order valence-corrected chi connectivity index (χ1v) is 10.5. The highest BCUT2D eigenvalue weighted by Crippen LogP contribution is 2.30. The van der Waals surface area contributed by atoms with Crippen LogP contribution in [0.15, 0.2) is 75.6 Å². The Kier molecular flexibility index (Phi) is 6.51. The SMILES string of the molecule is Cc1ccc(-c2ccc(/C=C/C(=O)Nc3cc(-c4ccc(CO)o4)ccc3Cl)o2)cc1Cl. The van der Waals surface area contributed by atoms with Gasteiger partial charge in [-0.15, -0.1) is 0 Å². The van der Waals surface area contributed by atoms with Crippen LogP contribution in [0.5, 0.6) is 0 Å². The number of aryl methyl sites for hydroxylation is 1. The number of aliphatic hydroxyl groups excluding tert-OH is 1. The van der Waals surface area contributed by atoms with Gasteiger partial charge in [-0.05, 0) is 67.1 Å². The van der Waals surface area contributed by atoms with Gasteiger partial charge in [0.1, 0.15) is 29.6 Å². The fourth-order valence-electron chi connectivity index (χ4n) is 3.07. The molecule has 32 heavy (non-hydrogen) atoms. The number of hydrogen-bond acceptors (Lipinski definition) is 4. The van der Waals surface area contributed by atoms with Gasteiger partial charge in [0.2, 0.25) is 5.91 Å². The van der Waals surface area contributed by atoms with E-state index in [4.69, 9.17) is 37.1 Å². The molecule has 2 aromatic heterocycles. The summed E-state index contributed by atoms with van der Waals surface area (Å²) < 4.78 is 11.3. The van der Waals surface area contributed by atoms with E-state index < -0.39 is 0 Å². The molecule has 0 saturated heterocycles. The molecule has 0 aliphatic rings. The molecule has 0 aliphatic heterocycles. The summed E-state index contributed by atoms with van der Waals surface area (Å²) in [4.78, 5) is 12.4. The maximum atomic E-state index is 12.4. The molecule has 5 nitrogen and oxygen atoms in total. The van der Waals surface area contributed by atoms with E-state index in [2.05, 4.69) is 5.32 Å². The zero-order chi connectivity index (χ0) is 22.7. The highest BCUT2D eigenvalue weighted by Gasteiger charge is 2.10. The monoisotopic (exact) mass is 467 g/mol. The Hall–Kier alpha value is -3.25. The van der Waals surface area contributed by atoms with Crippen LogP contribution >= 0.6 is 23.2 Å². The van der Waals surface area contributed by atoms with Crippen LogP contribution in [0.4, 0.5) is 5.69 Å². The topological polar surface area (TPSA) is 75.6 Å². The standard InChI is InChI=1S/C25H19Cl2NO4/c1-15-2-3-16(12-21(15)27)23-9-5-18(31-23)7-11-25(30)28-22-13-17(4-8-20(22)26)24-10-6-19(14-29)32-24/h2-13,29H,14H2,1H3,(H,28,30)/b11-7+. The molecule has 1 amide bonds. The number of amides is 1. The molecular formula is C25H19Cl2NO4. The Morgan fingerprint density at radius 2 is 1.66 bits per heavy atom. The number of rotatable bonds is 6. The third kappa shape index (κ3) is 4.97. The van der Waals surface area contributed by atoms with Crippen molar-refractivity contribution in [3.63, 3.8) is 0 Å². The minimum atomic E-state index is -0.365. The second-order valence-corrected chi connectivity index (χ2v) is 7.92. The normalized spacial score (nSPS) is 11.2. The van der Waals surface area contributed by atoms with Gasteiger partial charge in [-0.3, -0.25) is 4.79 Å². The predicted octanol–water partition coefficient (Wildman–Crippen LogP) is 6.97. The van der Waals surface area contributed by atoms with Gasteiger partial charge in [-0.2, -0.15) is 0 Å². The van der Waals surface area contributed by atoms with E-state index in [0.29, 0.717) is 38.8 Å². The molecule has 2 N–H and O–H groups in total. The molecule has 0 bridgehead atoms. The first-order chi connectivity index (χ1) is 15.4. The Bertz CT molecular complexity index is 1300. The molecule has 162 valence electrons. The third-order valence-corrected chi connectivity index (χ3v) is 5.55. The zero-order valence-electron chi connectivity index (χ0n) is 17.1. The lowest BCUT2D eigenvalue weighted by Crippen LogP contribution is -2.08. The van der Waals surface area contributed by atoms with Crippen molar-refractivity contribution in [1.82, 2.24) is 0 Å². The highest BCUT2D eigenvalue weighted by atomic mass is 35.5. The van der Waals surface area contributed by atoms with Crippen molar-refractivity contribution in [2.24, 2.45) is 0 Å². The Morgan fingerprint density at radius 1 is 0.938 bits per heavy atom. The van der Waals surface area contributed by atoms with Gasteiger partial charge in [0.25, 0.3) is 0 Å². The van der Waals surface area contributed by atoms with Crippen molar-refractivity contribution in [2.75, 3.05) is 5.32 Å². The van der Waals surface area contributed by atoms with Crippen molar-refractivity contribution in [3.05, 3.63) is 93.9 Å². The fraction of sp³-hybridized carbons (Fsp3) is 0.0800. The van der Waals surface area contributed by atoms with E-state index in [1.54, 1.807) is 42.5 Å².